The number of nitrogens with zero attached hydrogens (tertiary/aromatic N) is 1. The standard InChI is InChI=1S/C13H13F3N2O/c1-17-12(6-9-4-5-19-8-9)11-3-2-10(7-18-11)13(14,15)16/h2-5,7-8,12,17H,6H2,1H3. The molecule has 2 rings (SSSR count). The SMILES string of the molecule is CNC(Cc1ccoc1)c1ccc(C(F)(F)F)cn1. The summed E-state index contributed by atoms with van der Waals surface area (Å²) >= 11 is 0. The van der Waals surface area contributed by atoms with Crippen molar-refractivity contribution in [2.75, 3.05) is 7.05 Å². The summed E-state index contributed by atoms with van der Waals surface area (Å²) in [5, 5.41) is 3.03. The van der Waals surface area contributed by atoms with E-state index in [0.29, 0.717) is 12.1 Å². The molecule has 0 aliphatic rings. The molecule has 0 aromatic carbocycles. The van der Waals surface area contributed by atoms with Gasteiger partial charge in [0.15, 0.2) is 0 Å². The third kappa shape index (κ3) is 3.35. The maximum atomic E-state index is 12.4. The fourth-order valence-electron chi connectivity index (χ4n) is 1.78. The van der Waals surface area contributed by atoms with Crippen LogP contribution in [0.1, 0.15) is 22.9 Å². The number of furan rings is 1. The van der Waals surface area contributed by atoms with Gasteiger partial charge in [0.25, 0.3) is 0 Å². The van der Waals surface area contributed by atoms with E-state index in [1.165, 1.54) is 6.07 Å². The quantitative estimate of drug-likeness (QED) is 0.927. The Morgan fingerprint density at radius 2 is 2.11 bits per heavy atom. The molecule has 0 aliphatic heterocycles. The van der Waals surface area contributed by atoms with Crippen LogP contribution in [-0.2, 0) is 12.6 Å². The van der Waals surface area contributed by atoms with Gasteiger partial charge in [0.05, 0.1) is 29.8 Å². The highest BCUT2D eigenvalue weighted by Gasteiger charge is 2.30. The second kappa shape index (κ2) is 5.44. The van der Waals surface area contributed by atoms with Crippen molar-refractivity contribution in [1.29, 1.82) is 0 Å². The van der Waals surface area contributed by atoms with Gasteiger partial charge in [-0.25, -0.2) is 0 Å². The minimum absolute atomic E-state index is 0.153. The van der Waals surface area contributed by atoms with Crippen LogP contribution in [0.25, 0.3) is 0 Å². The van der Waals surface area contributed by atoms with Gasteiger partial charge >= 0.3 is 6.18 Å². The molecule has 0 spiro atoms. The number of aromatic nitrogens is 1. The average molecular weight is 270 g/mol. The molecule has 1 atom stereocenters. The predicted octanol–water partition coefficient (Wildman–Crippen LogP) is 3.20. The Balaban J connectivity index is 2.15. The lowest BCUT2D eigenvalue weighted by molar-refractivity contribution is -0.137. The highest BCUT2D eigenvalue weighted by molar-refractivity contribution is 5.20. The number of rotatable bonds is 4. The second-order valence-corrected chi connectivity index (χ2v) is 4.15. The topological polar surface area (TPSA) is 38.1 Å². The molecule has 0 fully saturated rings. The Bertz CT molecular complexity index is 506. The average Bonchev–Trinajstić information content (AvgIpc) is 2.88. The molecule has 0 saturated carbocycles. The molecule has 2 aromatic rings. The summed E-state index contributed by atoms with van der Waals surface area (Å²) in [4.78, 5) is 3.88. The molecule has 2 aromatic heterocycles. The number of nitrogens with one attached hydrogen (secondary N) is 1. The molecule has 1 N–H and O–H groups in total. The van der Waals surface area contributed by atoms with Crippen LogP contribution in [0.2, 0.25) is 0 Å². The number of pyridine rings is 1. The zero-order valence-electron chi connectivity index (χ0n) is 10.2. The molecule has 2 heterocycles. The van der Waals surface area contributed by atoms with Crippen LogP contribution < -0.4 is 5.32 Å². The van der Waals surface area contributed by atoms with Crippen molar-refractivity contribution < 1.29 is 17.6 Å². The Hall–Kier alpha value is -1.82. The normalized spacial score (nSPS) is 13.5. The lowest BCUT2D eigenvalue weighted by Gasteiger charge is -2.15. The zero-order valence-corrected chi connectivity index (χ0v) is 10.2. The summed E-state index contributed by atoms with van der Waals surface area (Å²) in [6.45, 7) is 0. The first-order valence-electron chi connectivity index (χ1n) is 5.72. The summed E-state index contributed by atoms with van der Waals surface area (Å²) in [5.74, 6) is 0. The third-order valence-corrected chi connectivity index (χ3v) is 2.84. The van der Waals surface area contributed by atoms with Gasteiger partial charge in [-0.1, -0.05) is 0 Å². The monoisotopic (exact) mass is 270 g/mol. The smallest absolute Gasteiger partial charge is 0.417 e. The van der Waals surface area contributed by atoms with Crippen LogP contribution in [0.5, 0.6) is 0 Å². The van der Waals surface area contributed by atoms with Gasteiger partial charge < -0.3 is 9.73 Å². The van der Waals surface area contributed by atoms with Gasteiger partial charge in [0.2, 0.25) is 0 Å². The molecule has 0 aliphatic carbocycles. The summed E-state index contributed by atoms with van der Waals surface area (Å²) in [7, 11) is 1.74. The summed E-state index contributed by atoms with van der Waals surface area (Å²) < 4.78 is 42.3. The van der Waals surface area contributed by atoms with Gasteiger partial charge in [-0.2, -0.15) is 13.2 Å². The summed E-state index contributed by atoms with van der Waals surface area (Å²) in [5.41, 5.74) is 0.784. The van der Waals surface area contributed by atoms with E-state index in [2.05, 4.69) is 10.3 Å². The van der Waals surface area contributed by atoms with E-state index >= 15 is 0 Å². The minimum Gasteiger partial charge on any atom is -0.472 e. The van der Waals surface area contributed by atoms with Crippen molar-refractivity contribution in [3.63, 3.8) is 0 Å². The fourth-order valence-corrected chi connectivity index (χ4v) is 1.78. The van der Waals surface area contributed by atoms with Crippen LogP contribution in [0, 0.1) is 0 Å². The Labute approximate surface area is 108 Å². The predicted molar refractivity (Wildman–Crippen MR) is 63.5 cm³/mol. The third-order valence-electron chi connectivity index (χ3n) is 2.84. The van der Waals surface area contributed by atoms with E-state index in [-0.39, 0.29) is 6.04 Å². The van der Waals surface area contributed by atoms with Gasteiger partial charge in [0, 0.05) is 6.20 Å². The molecule has 0 radical (unpaired) electrons. The zero-order chi connectivity index (χ0) is 13.9. The van der Waals surface area contributed by atoms with Gasteiger partial charge in [-0.3, -0.25) is 4.98 Å². The lowest BCUT2D eigenvalue weighted by Crippen LogP contribution is -2.20. The van der Waals surface area contributed by atoms with Crippen molar-refractivity contribution >= 4 is 0 Å². The highest BCUT2D eigenvalue weighted by atomic mass is 19.4. The van der Waals surface area contributed by atoms with Crippen molar-refractivity contribution in [2.45, 2.75) is 18.6 Å². The Kier molecular flexibility index (Phi) is 3.90. The number of hydrogen-bond acceptors (Lipinski definition) is 3. The first-order chi connectivity index (χ1) is 9.00. The first kappa shape index (κ1) is 13.6. The molecule has 3 nitrogen and oxygen atoms in total. The molecule has 6 heteroatoms. The van der Waals surface area contributed by atoms with Crippen molar-refractivity contribution in [2.24, 2.45) is 0 Å². The van der Waals surface area contributed by atoms with Crippen molar-refractivity contribution in [1.82, 2.24) is 10.3 Å². The fraction of sp³-hybridized carbons (Fsp3) is 0.308. The van der Waals surface area contributed by atoms with E-state index in [1.54, 1.807) is 19.6 Å². The maximum absolute atomic E-state index is 12.4. The molecule has 102 valence electrons. The van der Waals surface area contributed by atoms with Crippen molar-refractivity contribution in [3.05, 3.63) is 53.7 Å². The number of hydrogen-bond donors (Lipinski definition) is 1. The molecule has 19 heavy (non-hydrogen) atoms. The van der Waals surface area contributed by atoms with Crippen LogP contribution >= 0.6 is 0 Å². The molecule has 1 unspecified atom stereocenters. The second-order valence-electron chi connectivity index (χ2n) is 4.15. The molecule has 0 bridgehead atoms. The van der Waals surface area contributed by atoms with Crippen LogP contribution in [-0.4, -0.2) is 12.0 Å². The molecule has 0 amide bonds. The van der Waals surface area contributed by atoms with Gasteiger partial charge in [-0.05, 0) is 37.2 Å². The van der Waals surface area contributed by atoms with Crippen LogP contribution in [0.15, 0.2) is 41.3 Å². The van der Waals surface area contributed by atoms with E-state index < -0.39 is 11.7 Å². The van der Waals surface area contributed by atoms with Crippen LogP contribution in [0.3, 0.4) is 0 Å². The minimum atomic E-state index is -4.36. The van der Waals surface area contributed by atoms with E-state index in [4.69, 9.17) is 4.42 Å². The number of alkyl halides is 3. The Morgan fingerprint density at radius 3 is 2.58 bits per heavy atom. The molecular weight excluding hydrogens is 257 g/mol. The first-order valence-corrected chi connectivity index (χ1v) is 5.72. The lowest BCUT2D eigenvalue weighted by atomic mass is 10.0. The summed E-state index contributed by atoms with van der Waals surface area (Å²) in [6, 6.07) is 4.10. The van der Waals surface area contributed by atoms with E-state index in [9.17, 15) is 13.2 Å². The number of halogens is 3. The highest BCUT2D eigenvalue weighted by Crippen LogP contribution is 2.29. The van der Waals surface area contributed by atoms with E-state index in [1.807, 2.05) is 6.07 Å². The largest absolute Gasteiger partial charge is 0.472 e. The van der Waals surface area contributed by atoms with E-state index in [0.717, 1.165) is 17.8 Å². The maximum Gasteiger partial charge on any atom is 0.417 e. The molecular formula is C13H13F3N2O. The molecule has 0 saturated heterocycles. The Morgan fingerprint density at radius 1 is 1.32 bits per heavy atom. The van der Waals surface area contributed by atoms with Gasteiger partial charge in [0.1, 0.15) is 0 Å². The van der Waals surface area contributed by atoms with Crippen molar-refractivity contribution in [3.8, 4) is 0 Å². The number of likely N-dealkylation sites (N-methyl/N-ethyl adjacent to an activating group) is 1. The van der Waals surface area contributed by atoms with Crippen LogP contribution in [0.4, 0.5) is 13.2 Å². The van der Waals surface area contributed by atoms with Gasteiger partial charge in [-0.15, -0.1) is 0 Å². The summed E-state index contributed by atoms with van der Waals surface area (Å²) in [6.07, 6.45) is 0.266.